The van der Waals surface area contributed by atoms with Crippen molar-refractivity contribution in [3.05, 3.63) is 11.6 Å². The van der Waals surface area contributed by atoms with Crippen molar-refractivity contribution in [3.63, 3.8) is 0 Å². The molecule has 0 aliphatic heterocycles. The lowest BCUT2D eigenvalue weighted by Crippen LogP contribution is -2.35. The largest absolute Gasteiger partial charge is 0.281 e. The van der Waals surface area contributed by atoms with E-state index >= 15 is 0 Å². The van der Waals surface area contributed by atoms with Gasteiger partial charge in [-0.3, -0.25) is 4.79 Å². The minimum Gasteiger partial charge on any atom is -0.281 e. The highest BCUT2D eigenvalue weighted by Crippen LogP contribution is 2.52. The summed E-state index contributed by atoms with van der Waals surface area (Å²) in [4.78, 5) is 11.3. The van der Waals surface area contributed by atoms with E-state index in [2.05, 4.69) is 33.8 Å². The Hall–Kier alpha value is -0.300. The number of rotatable bonds is 4. The van der Waals surface area contributed by atoms with Gasteiger partial charge >= 0.3 is 0 Å². The number of hydrogen-bond acceptors (Lipinski definition) is 1. The van der Waals surface area contributed by atoms with Gasteiger partial charge in [-0.1, -0.05) is 52.2 Å². The van der Waals surface area contributed by atoms with E-state index in [0.717, 1.165) is 19.3 Å². The number of carbonyl (C=O) groups excluding carboxylic acids is 1. The highest BCUT2D eigenvalue weighted by atomic mass is 35.5. The summed E-state index contributed by atoms with van der Waals surface area (Å²) in [7, 11) is 0. The van der Waals surface area contributed by atoms with Crippen molar-refractivity contribution >= 4 is 16.8 Å². The van der Waals surface area contributed by atoms with Crippen molar-refractivity contribution in [2.75, 3.05) is 0 Å². The molecule has 1 aliphatic rings. The first-order chi connectivity index (χ1) is 7.82. The molecule has 0 saturated heterocycles. The van der Waals surface area contributed by atoms with Crippen molar-refractivity contribution in [1.82, 2.24) is 0 Å². The molecule has 0 radical (unpaired) electrons. The Bertz CT molecular complexity index is 317. The fourth-order valence-corrected chi connectivity index (χ4v) is 3.60. The predicted octanol–water partition coefficient (Wildman–Crippen LogP) is 5.08. The van der Waals surface area contributed by atoms with Crippen LogP contribution in [0.3, 0.4) is 0 Å². The highest BCUT2D eigenvalue weighted by Gasteiger charge is 2.42. The van der Waals surface area contributed by atoms with Gasteiger partial charge in [-0.05, 0) is 41.7 Å². The third-order valence-corrected chi connectivity index (χ3v) is 4.21. The summed E-state index contributed by atoms with van der Waals surface area (Å²) in [5, 5.41) is -0.201. The molecule has 0 aromatic rings. The molecule has 1 atom stereocenters. The summed E-state index contributed by atoms with van der Waals surface area (Å²) in [6.07, 6.45) is 8.60. The first-order valence-corrected chi connectivity index (χ1v) is 7.09. The van der Waals surface area contributed by atoms with Crippen LogP contribution in [0.4, 0.5) is 0 Å². The van der Waals surface area contributed by atoms with E-state index in [1.807, 2.05) is 0 Å². The van der Waals surface area contributed by atoms with Gasteiger partial charge < -0.3 is 0 Å². The molecular weight excluding hydrogens is 232 g/mol. The van der Waals surface area contributed by atoms with Gasteiger partial charge in [0.15, 0.2) is 0 Å². The summed E-state index contributed by atoms with van der Waals surface area (Å²) >= 11 is 5.63. The normalized spacial score (nSPS) is 30.5. The van der Waals surface area contributed by atoms with Crippen molar-refractivity contribution in [2.24, 2.45) is 10.8 Å². The zero-order valence-electron chi connectivity index (χ0n) is 11.6. The van der Waals surface area contributed by atoms with Crippen LogP contribution < -0.4 is 0 Å². The van der Waals surface area contributed by atoms with Crippen molar-refractivity contribution in [1.29, 1.82) is 0 Å². The Balaban J connectivity index is 3.04. The minimum atomic E-state index is -0.201. The Morgan fingerprint density at radius 2 is 2.00 bits per heavy atom. The lowest BCUT2D eigenvalue weighted by molar-refractivity contribution is -0.113. The Labute approximate surface area is 111 Å². The highest BCUT2D eigenvalue weighted by molar-refractivity contribution is 6.63. The third-order valence-electron chi connectivity index (χ3n) is 4.08. The molecule has 1 nitrogen and oxygen atoms in total. The number of halogens is 1. The van der Waals surface area contributed by atoms with Crippen LogP contribution in [0.15, 0.2) is 11.6 Å². The van der Waals surface area contributed by atoms with Crippen LogP contribution in [0.25, 0.3) is 0 Å². The van der Waals surface area contributed by atoms with Crippen molar-refractivity contribution in [2.45, 2.75) is 66.2 Å². The molecule has 1 fully saturated rings. The van der Waals surface area contributed by atoms with Crippen LogP contribution >= 0.6 is 11.6 Å². The van der Waals surface area contributed by atoms with Crippen molar-refractivity contribution in [3.8, 4) is 0 Å². The van der Waals surface area contributed by atoms with Gasteiger partial charge in [0.1, 0.15) is 0 Å². The van der Waals surface area contributed by atoms with E-state index in [-0.39, 0.29) is 16.1 Å². The molecule has 0 aromatic heterocycles. The van der Waals surface area contributed by atoms with E-state index in [1.54, 1.807) is 0 Å². The zero-order valence-corrected chi connectivity index (χ0v) is 12.4. The Morgan fingerprint density at radius 1 is 1.35 bits per heavy atom. The number of allylic oxidation sites excluding steroid dienone is 2. The molecule has 0 amide bonds. The van der Waals surface area contributed by atoms with Gasteiger partial charge in [0, 0.05) is 6.42 Å². The summed E-state index contributed by atoms with van der Waals surface area (Å²) in [6.45, 7) is 8.99. The number of carbonyl (C=O) groups is 1. The van der Waals surface area contributed by atoms with Gasteiger partial charge in [-0.15, -0.1) is 0 Å². The topological polar surface area (TPSA) is 17.1 Å². The smallest absolute Gasteiger partial charge is 0.222 e. The molecule has 1 unspecified atom stereocenters. The minimum absolute atomic E-state index is 0.0181. The Morgan fingerprint density at radius 3 is 2.53 bits per heavy atom. The van der Waals surface area contributed by atoms with E-state index in [9.17, 15) is 4.79 Å². The SMILES string of the molecule is CCCC=C1C(C)(C)CCCC1(C)CC(=O)Cl. The second-order valence-corrected chi connectivity index (χ2v) is 6.66. The summed E-state index contributed by atoms with van der Waals surface area (Å²) in [5.41, 5.74) is 1.65. The summed E-state index contributed by atoms with van der Waals surface area (Å²) < 4.78 is 0. The standard InChI is InChI=1S/C15H25ClO/c1-5-6-8-12-14(2,3)9-7-10-15(12,4)11-13(16)17/h8H,5-7,9-11H2,1-4H3. The molecule has 1 rings (SSSR count). The Kier molecular flexibility index (Phi) is 4.83. The number of hydrogen-bond donors (Lipinski definition) is 0. The molecule has 0 aromatic carbocycles. The van der Waals surface area contributed by atoms with Crippen LogP contribution in [0.1, 0.15) is 66.2 Å². The van der Waals surface area contributed by atoms with Crippen LogP contribution in [0, 0.1) is 10.8 Å². The maximum absolute atomic E-state index is 11.3. The fourth-order valence-electron chi connectivity index (χ4n) is 3.31. The van der Waals surface area contributed by atoms with E-state index in [1.165, 1.54) is 18.4 Å². The zero-order chi connectivity index (χ0) is 13.1. The first-order valence-electron chi connectivity index (χ1n) is 6.71. The monoisotopic (exact) mass is 256 g/mol. The molecule has 98 valence electrons. The second-order valence-electron chi connectivity index (χ2n) is 6.24. The molecular formula is C15H25ClO. The van der Waals surface area contributed by atoms with E-state index in [4.69, 9.17) is 11.6 Å². The fraction of sp³-hybridized carbons (Fsp3) is 0.800. The molecule has 17 heavy (non-hydrogen) atoms. The third kappa shape index (κ3) is 3.58. The first kappa shape index (κ1) is 14.8. The summed E-state index contributed by atoms with van der Waals surface area (Å²) in [6, 6.07) is 0. The van der Waals surface area contributed by atoms with E-state index < -0.39 is 0 Å². The maximum Gasteiger partial charge on any atom is 0.222 e. The molecule has 0 N–H and O–H groups in total. The van der Waals surface area contributed by atoms with Gasteiger partial charge in [-0.25, -0.2) is 0 Å². The van der Waals surface area contributed by atoms with Crippen LogP contribution in [-0.2, 0) is 4.79 Å². The molecule has 1 saturated carbocycles. The van der Waals surface area contributed by atoms with Gasteiger partial charge in [0.2, 0.25) is 5.24 Å². The van der Waals surface area contributed by atoms with Crippen LogP contribution in [0.2, 0.25) is 0 Å². The van der Waals surface area contributed by atoms with Gasteiger partial charge in [-0.2, -0.15) is 0 Å². The lowest BCUT2D eigenvalue weighted by atomic mass is 9.59. The average molecular weight is 257 g/mol. The predicted molar refractivity (Wildman–Crippen MR) is 74.2 cm³/mol. The average Bonchev–Trinajstić information content (AvgIpc) is 2.14. The molecule has 2 heteroatoms. The van der Waals surface area contributed by atoms with Gasteiger partial charge in [0.05, 0.1) is 0 Å². The maximum atomic E-state index is 11.3. The summed E-state index contributed by atoms with van der Waals surface area (Å²) in [5.74, 6) is 0. The quantitative estimate of drug-likeness (QED) is 0.506. The second kappa shape index (κ2) is 5.56. The number of unbranched alkanes of at least 4 members (excludes halogenated alkanes) is 1. The van der Waals surface area contributed by atoms with Crippen molar-refractivity contribution < 1.29 is 4.79 Å². The van der Waals surface area contributed by atoms with Crippen LogP contribution in [0.5, 0.6) is 0 Å². The van der Waals surface area contributed by atoms with Gasteiger partial charge in [0.25, 0.3) is 0 Å². The molecule has 1 aliphatic carbocycles. The lowest BCUT2D eigenvalue weighted by Gasteiger charge is -2.46. The van der Waals surface area contributed by atoms with Crippen LogP contribution in [-0.4, -0.2) is 5.24 Å². The molecule has 0 bridgehead atoms. The molecule has 0 spiro atoms. The van der Waals surface area contributed by atoms with E-state index in [0.29, 0.717) is 6.42 Å². The molecule has 0 heterocycles.